The van der Waals surface area contributed by atoms with E-state index in [9.17, 15) is 4.79 Å². The Morgan fingerprint density at radius 3 is 2.56 bits per heavy atom. The van der Waals surface area contributed by atoms with E-state index in [4.69, 9.17) is 11.6 Å². The van der Waals surface area contributed by atoms with Crippen LogP contribution in [-0.2, 0) is 6.54 Å². The van der Waals surface area contributed by atoms with Crippen LogP contribution in [0.5, 0.6) is 0 Å². The number of amides is 1. The van der Waals surface area contributed by atoms with Crippen LogP contribution < -0.4 is 4.90 Å². The number of aromatic nitrogens is 3. The van der Waals surface area contributed by atoms with Gasteiger partial charge in [-0.1, -0.05) is 35.9 Å². The Morgan fingerprint density at radius 2 is 1.81 bits per heavy atom. The summed E-state index contributed by atoms with van der Waals surface area (Å²) in [5, 5.41) is 5.02. The Kier molecular flexibility index (Phi) is 5.07. The molecule has 0 spiro atoms. The van der Waals surface area contributed by atoms with Crippen LogP contribution in [-0.4, -0.2) is 51.8 Å². The molecule has 1 aliphatic heterocycles. The van der Waals surface area contributed by atoms with Crippen molar-refractivity contribution in [2.75, 3.05) is 31.1 Å². The maximum absolute atomic E-state index is 12.8. The molecule has 1 aromatic carbocycles. The molecule has 1 amide bonds. The minimum Gasteiger partial charge on any atom is -0.353 e. The molecule has 6 nitrogen and oxygen atoms in total. The van der Waals surface area contributed by atoms with Crippen molar-refractivity contribution in [3.8, 4) is 0 Å². The number of carbonyl (C=O) groups excluding carboxylic acids is 1. The summed E-state index contributed by atoms with van der Waals surface area (Å²) in [7, 11) is 0. The fourth-order valence-electron chi connectivity index (χ4n) is 3.22. The van der Waals surface area contributed by atoms with Gasteiger partial charge in [-0.05, 0) is 23.8 Å². The summed E-state index contributed by atoms with van der Waals surface area (Å²) in [6.07, 6.45) is 5.21. The monoisotopic (exact) mass is 381 g/mol. The predicted octanol–water partition coefficient (Wildman–Crippen LogP) is 2.94. The lowest BCUT2D eigenvalue weighted by atomic mass is 10.2. The molecular formula is C20H20ClN5O. The van der Waals surface area contributed by atoms with Crippen molar-refractivity contribution in [1.29, 1.82) is 0 Å². The third-order valence-corrected chi connectivity index (χ3v) is 5.08. The fraction of sp³-hybridized carbons (Fsp3) is 0.250. The lowest BCUT2D eigenvalue weighted by molar-refractivity contribution is 0.0746. The van der Waals surface area contributed by atoms with Gasteiger partial charge in [-0.15, -0.1) is 0 Å². The molecule has 0 bridgehead atoms. The summed E-state index contributed by atoms with van der Waals surface area (Å²) >= 11 is 6.20. The average Bonchev–Trinajstić information content (AvgIpc) is 3.18. The van der Waals surface area contributed by atoms with Crippen LogP contribution in [0.25, 0.3) is 0 Å². The summed E-state index contributed by atoms with van der Waals surface area (Å²) in [5.41, 5.74) is 1.58. The zero-order valence-corrected chi connectivity index (χ0v) is 15.6. The number of carbonyl (C=O) groups is 1. The molecule has 1 fully saturated rings. The summed E-state index contributed by atoms with van der Waals surface area (Å²) in [4.78, 5) is 21.2. The van der Waals surface area contributed by atoms with Crippen molar-refractivity contribution >= 4 is 23.3 Å². The molecule has 0 saturated carbocycles. The highest BCUT2D eigenvalue weighted by molar-refractivity contribution is 6.31. The van der Waals surface area contributed by atoms with Crippen LogP contribution in [0.3, 0.4) is 0 Å². The zero-order valence-electron chi connectivity index (χ0n) is 14.8. The van der Waals surface area contributed by atoms with Crippen molar-refractivity contribution in [2.24, 2.45) is 0 Å². The van der Waals surface area contributed by atoms with Gasteiger partial charge in [0.2, 0.25) is 0 Å². The van der Waals surface area contributed by atoms with Crippen LogP contribution in [0.15, 0.2) is 61.1 Å². The topological polar surface area (TPSA) is 54.3 Å². The number of benzene rings is 1. The van der Waals surface area contributed by atoms with Crippen molar-refractivity contribution in [2.45, 2.75) is 6.54 Å². The van der Waals surface area contributed by atoms with Crippen LogP contribution in [0.2, 0.25) is 5.02 Å². The van der Waals surface area contributed by atoms with E-state index in [1.165, 1.54) is 0 Å². The number of rotatable bonds is 4. The molecule has 27 heavy (non-hydrogen) atoms. The maximum Gasteiger partial charge on any atom is 0.257 e. The van der Waals surface area contributed by atoms with Crippen molar-refractivity contribution < 1.29 is 4.79 Å². The third-order valence-electron chi connectivity index (χ3n) is 4.71. The largest absolute Gasteiger partial charge is 0.353 e. The van der Waals surface area contributed by atoms with E-state index in [-0.39, 0.29) is 5.91 Å². The van der Waals surface area contributed by atoms with Gasteiger partial charge in [-0.3, -0.25) is 9.48 Å². The maximum atomic E-state index is 12.8. The minimum absolute atomic E-state index is 0.0149. The summed E-state index contributed by atoms with van der Waals surface area (Å²) in [5.74, 6) is 0.971. The molecule has 1 saturated heterocycles. The van der Waals surface area contributed by atoms with E-state index in [1.807, 2.05) is 47.4 Å². The molecular weight excluding hydrogens is 362 g/mol. The number of piperazine rings is 1. The second-order valence-electron chi connectivity index (χ2n) is 6.49. The molecule has 3 heterocycles. The highest BCUT2D eigenvalue weighted by atomic mass is 35.5. The van der Waals surface area contributed by atoms with E-state index >= 15 is 0 Å². The van der Waals surface area contributed by atoms with E-state index in [0.717, 1.165) is 24.5 Å². The first-order valence-electron chi connectivity index (χ1n) is 8.92. The second-order valence-corrected chi connectivity index (χ2v) is 6.89. The van der Waals surface area contributed by atoms with Crippen LogP contribution in [0.4, 0.5) is 5.82 Å². The van der Waals surface area contributed by atoms with Crippen LogP contribution in [0, 0.1) is 0 Å². The van der Waals surface area contributed by atoms with Gasteiger partial charge >= 0.3 is 0 Å². The smallest absolute Gasteiger partial charge is 0.257 e. The molecule has 0 radical (unpaired) electrons. The lowest BCUT2D eigenvalue weighted by Crippen LogP contribution is -2.49. The summed E-state index contributed by atoms with van der Waals surface area (Å²) < 4.78 is 1.75. The van der Waals surface area contributed by atoms with Crippen LogP contribution >= 0.6 is 11.6 Å². The quantitative estimate of drug-likeness (QED) is 0.697. The van der Waals surface area contributed by atoms with Gasteiger partial charge in [0.15, 0.2) is 0 Å². The van der Waals surface area contributed by atoms with E-state index in [2.05, 4.69) is 15.0 Å². The summed E-state index contributed by atoms with van der Waals surface area (Å²) in [6.45, 7) is 3.43. The lowest BCUT2D eigenvalue weighted by Gasteiger charge is -2.35. The number of pyridine rings is 1. The highest BCUT2D eigenvalue weighted by Crippen LogP contribution is 2.17. The Balaban J connectivity index is 1.38. The number of hydrogen-bond donors (Lipinski definition) is 0. The van der Waals surface area contributed by atoms with Crippen molar-refractivity contribution in [1.82, 2.24) is 19.7 Å². The number of halogens is 1. The van der Waals surface area contributed by atoms with Gasteiger partial charge in [0.25, 0.3) is 5.91 Å². The molecule has 1 aliphatic rings. The van der Waals surface area contributed by atoms with Gasteiger partial charge in [-0.2, -0.15) is 5.10 Å². The Labute approximate surface area is 163 Å². The van der Waals surface area contributed by atoms with E-state index in [1.54, 1.807) is 23.3 Å². The van der Waals surface area contributed by atoms with Crippen molar-refractivity contribution in [3.05, 3.63) is 77.2 Å². The van der Waals surface area contributed by atoms with Crippen LogP contribution in [0.1, 0.15) is 15.9 Å². The molecule has 2 aromatic heterocycles. The van der Waals surface area contributed by atoms with Gasteiger partial charge in [-0.25, -0.2) is 4.98 Å². The molecule has 0 atom stereocenters. The first kappa shape index (κ1) is 17.5. The van der Waals surface area contributed by atoms with Crippen molar-refractivity contribution in [3.63, 3.8) is 0 Å². The standard InChI is InChI=1S/C20H20ClN5O/c21-18-6-2-1-5-16(18)14-26-15-17(13-23-26)20(27)25-11-9-24(10-12-25)19-7-3-4-8-22-19/h1-8,13,15H,9-12,14H2. The molecule has 3 aromatic rings. The zero-order chi connectivity index (χ0) is 18.6. The predicted molar refractivity (Wildman–Crippen MR) is 105 cm³/mol. The van der Waals surface area contributed by atoms with E-state index < -0.39 is 0 Å². The number of anilines is 1. The normalized spacial score (nSPS) is 14.4. The van der Waals surface area contributed by atoms with E-state index in [0.29, 0.717) is 30.2 Å². The number of nitrogens with zero attached hydrogens (tertiary/aromatic N) is 5. The Bertz CT molecular complexity index is 919. The second kappa shape index (κ2) is 7.80. The SMILES string of the molecule is O=C(c1cnn(Cc2ccccc2Cl)c1)N1CCN(c2ccccn2)CC1. The fourth-order valence-corrected chi connectivity index (χ4v) is 3.42. The first-order valence-corrected chi connectivity index (χ1v) is 9.29. The van der Waals surface area contributed by atoms with Gasteiger partial charge in [0, 0.05) is 43.6 Å². The average molecular weight is 382 g/mol. The van der Waals surface area contributed by atoms with Gasteiger partial charge < -0.3 is 9.80 Å². The molecule has 7 heteroatoms. The third kappa shape index (κ3) is 3.95. The summed E-state index contributed by atoms with van der Waals surface area (Å²) in [6, 6.07) is 13.5. The highest BCUT2D eigenvalue weighted by Gasteiger charge is 2.23. The molecule has 0 aliphatic carbocycles. The number of hydrogen-bond acceptors (Lipinski definition) is 4. The first-order chi connectivity index (χ1) is 13.2. The van der Waals surface area contributed by atoms with Gasteiger partial charge in [0.05, 0.1) is 18.3 Å². The molecule has 4 rings (SSSR count). The Hall–Kier alpha value is -2.86. The molecule has 138 valence electrons. The molecule has 0 unspecified atom stereocenters. The minimum atomic E-state index is 0.0149. The molecule has 0 N–H and O–H groups in total. The Morgan fingerprint density at radius 1 is 1.04 bits per heavy atom. The van der Waals surface area contributed by atoms with Gasteiger partial charge in [0.1, 0.15) is 5.82 Å².